The summed E-state index contributed by atoms with van der Waals surface area (Å²) in [6.45, 7) is 9.86. The van der Waals surface area contributed by atoms with E-state index in [1.807, 2.05) is 27.7 Å². The van der Waals surface area contributed by atoms with Gasteiger partial charge >= 0.3 is 0 Å². The molecule has 2 rings (SSSR count). The van der Waals surface area contributed by atoms with Gasteiger partial charge in [0.15, 0.2) is 0 Å². The van der Waals surface area contributed by atoms with Crippen LogP contribution in [0.2, 0.25) is 5.02 Å². The molecule has 0 unspecified atom stereocenters. The van der Waals surface area contributed by atoms with Crippen molar-refractivity contribution in [2.45, 2.75) is 47.1 Å². The van der Waals surface area contributed by atoms with Crippen LogP contribution >= 0.6 is 11.6 Å². The predicted octanol–water partition coefficient (Wildman–Crippen LogP) is 3.67. The summed E-state index contributed by atoms with van der Waals surface area (Å²) in [5.41, 5.74) is 0.643. The van der Waals surface area contributed by atoms with Gasteiger partial charge in [-0.1, -0.05) is 45.4 Å². The number of nitrogens with zero attached hydrogens (tertiary/aromatic N) is 2. The molecular weight excluding hydrogens is 429 g/mol. The Morgan fingerprint density at radius 1 is 1.20 bits per heavy atom. The van der Waals surface area contributed by atoms with Gasteiger partial charge in [-0.15, -0.1) is 0 Å². The average molecular weight is 462 g/mol. The van der Waals surface area contributed by atoms with Crippen LogP contribution in [0.3, 0.4) is 0 Å². The van der Waals surface area contributed by atoms with E-state index in [-0.39, 0.29) is 35.2 Å². The Morgan fingerprint density at radius 2 is 1.77 bits per heavy atom. The van der Waals surface area contributed by atoms with E-state index >= 15 is 0 Å². The number of nitrogens with one attached hydrogen (secondary N) is 1. The minimum Gasteiger partial charge on any atom is -0.352 e. The van der Waals surface area contributed by atoms with Crippen LogP contribution in [0.1, 0.15) is 46.1 Å². The van der Waals surface area contributed by atoms with E-state index in [1.165, 1.54) is 16.4 Å². The van der Waals surface area contributed by atoms with E-state index in [0.29, 0.717) is 44.6 Å². The molecule has 30 heavy (non-hydrogen) atoms. The van der Waals surface area contributed by atoms with Gasteiger partial charge in [0.2, 0.25) is 5.91 Å². The largest absolute Gasteiger partial charge is 0.352 e. The van der Waals surface area contributed by atoms with E-state index < -0.39 is 16.0 Å². The summed E-state index contributed by atoms with van der Waals surface area (Å²) < 4.78 is 42.4. The van der Waals surface area contributed by atoms with Crippen LogP contribution < -0.4 is 5.32 Å². The second-order valence-electron chi connectivity index (χ2n) is 8.74. The maximum atomic E-state index is 13.1. The molecule has 1 aromatic carbocycles. The van der Waals surface area contributed by atoms with Gasteiger partial charge in [0.25, 0.3) is 10.2 Å². The summed E-state index contributed by atoms with van der Waals surface area (Å²) in [4.78, 5) is 12.5. The Labute approximate surface area is 184 Å². The minimum atomic E-state index is -3.55. The molecular formula is C21H33ClFN3O3S. The minimum absolute atomic E-state index is 0.131. The van der Waals surface area contributed by atoms with Gasteiger partial charge in [-0.2, -0.15) is 17.0 Å². The van der Waals surface area contributed by atoms with Crippen molar-refractivity contribution in [2.75, 3.05) is 26.2 Å². The zero-order valence-corrected chi connectivity index (χ0v) is 19.8. The fraction of sp³-hybridized carbons (Fsp3) is 0.667. The zero-order chi connectivity index (χ0) is 22.5. The quantitative estimate of drug-likeness (QED) is 0.610. The van der Waals surface area contributed by atoms with Crippen molar-refractivity contribution in [3.8, 4) is 0 Å². The Balaban J connectivity index is 1.93. The van der Waals surface area contributed by atoms with Gasteiger partial charge in [-0.3, -0.25) is 4.79 Å². The SMILES string of the molecule is CC(C)CN(CC(C)C)S(=O)(=O)N1CCC(C(=O)NCc2ccc(F)cc2Cl)CC1. The lowest BCUT2D eigenvalue weighted by molar-refractivity contribution is -0.126. The summed E-state index contributed by atoms with van der Waals surface area (Å²) >= 11 is 6.00. The molecule has 0 aromatic heterocycles. The maximum Gasteiger partial charge on any atom is 0.281 e. The van der Waals surface area contributed by atoms with Crippen molar-refractivity contribution in [1.29, 1.82) is 0 Å². The van der Waals surface area contributed by atoms with Crippen molar-refractivity contribution in [3.63, 3.8) is 0 Å². The highest BCUT2D eigenvalue weighted by molar-refractivity contribution is 7.86. The van der Waals surface area contributed by atoms with E-state index in [9.17, 15) is 17.6 Å². The molecule has 1 amide bonds. The first-order valence-electron chi connectivity index (χ1n) is 10.5. The van der Waals surface area contributed by atoms with Gasteiger partial charge in [0, 0.05) is 43.7 Å². The first-order chi connectivity index (χ1) is 14.0. The fourth-order valence-corrected chi connectivity index (χ4v) is 5.79. The van der Waals surface area contributed by atoms with E-state index in [1.54, 1.807) is 10.4 Å². The van der Waals surface area contributed by atoms with Crippen LogP contribution in [0.25, 0.3) is 0 Å². The molecule has 1 aliphatic rings. The van der Waals surface area contributed by atoms with Crippen molar-refractivity contribution in [3.05, 3.63) is 34.6 Å². The Bertz CT molecular complexity index is 815. The summed E-state index contributed by atoms with van der Waals surface area (Å²) in [5, 5.41) is 3.10. The van der Waals surface area contributed by atoms with Crippen LogP contribution in [0.15, 0.2) is 18.2 Å². The van der Waals surface area contributed by atoms with Gasteiger partial charge in [-0.05, 0) is 42.4 Å². The van der Waals surface area contributed by atoms with Crippen LogP contribution in [-0.2, 0) is 21.5 Å². The summed E-state index contributed by atoms with van der Waals surface area (Å²) in [6.07, 6.45) is 0.943. The van der Waals surface area contributed by atoms with Crippen molar-refractivity contribution < 1.29 is 17.6 Å². The third-order valence-electron chi connectivity index (χ3n) is 5.08. The van der Waals surface area contributed by atoms with Crippen LogP contribution in [0.4, 0.5) is 4.39 Å². The van der Waals surface area contributed by atoms with Crippen molar-refractivity contribution >= 4 is 27.7 Å². The smallest absolute Gasteiger partial charge is 0.281 e. The molecule has 6 nitrogen and oxygen atoms in total. The number of halogens is 2. The standard InChI is InChI=1S/C21H33ClFN3O3S/c1-15(2)13-26(14-16(3)4)30(28,29)25-9-7-17(8-10-25)21(27)24-12-18-5-6-19(23)11-20(18)22/h5-6,11,15-17H,7-10,12-14H2,1-4H3,(H,24,27). The lowest BCUT2D eigenvalue weighted by atomic mass is 9.97. The topological polar surface area (TPSA) is 69.7 Å². The maximum absolute atomic E-state index is 13.1. The summed E-state index contributed by atoms with van der Waals surface area (Å²) in [6, 6.07) is 4.06. The third-order valence-corrected chi connectivity index (χ3v) is 7.40. The number of piperidine rings is 1. The average Bonchev–Trinajstić information content (AvgIpc) is 2.66. The van der Waals surface area contributed by atoms with E-state index in [4.69, 9.17) is 11.6 Å². The van der Waals surface area contributed by atoms with Crippen LogP contribution in [0.5, 0.6) is 0 Å². The zero-order valence-electron chi connectivity index (χ0n) is 18.2. The molecule has 1 aromatic rings. The predicted molar refractivity (Wildman–Crippen MR) is 118 cm³/mol. The monoisotopic (exact) mass is 461 g/mol. The Hall–Kier alpha value is -1.22. The molecule has 9 heteroatoms. The highest BCUT2D eigenvalue weighted by Gasteiger charge is 2.35. The van der Waals surface area contributed by atoms with Gasteiger partial charge in [0.05, 0.1) is 0 Å². The molecule has 0 bridgehead atoms. The Kier molecular flexibility index (Phi) is 9.09. The molecule has 0 spiro atoms. The molecule has 0 atom stereocenters. The first-order valence-corrected chi connectivity index (χ1v) is 12.2. The first kappa shape index (κ1) is 25.0. The fourth-order valence-electron chi connectivity index (χ4n) is 3.58. The lowest BCUT2D eigenvalue weighted by Crippen LogP contribution is -2.50. The molecule has 1 heterocycles. The number of hydrogen-bond donors (Lipinski definition) is 1. The Morgan fingerprint density at radius 3 is 2.27 bits per heavy atom. The van der Waals surface area contributed by atoms with Crippen LogP contribution in [-0.4, -0.2) is 49.1 Å². The van der Waals surface area contributed by atoms with E-state index in [0.717, 1.165) is 0 Å². The summed E-state index contributed by atoms with van der Waals surface area (Å²) in [7, 11) is -3.55. The van der Waals surface area contributed by atoms with Crippen LogP contribution in [0, 0.1) is 23.6 Å². The molecule has 0 aliphatic carbocycles. The van der Waals surface area contributed by atoms with Crippen molar-refractivity contribution in [1.82, 2.24) is 13.9 Å². The second-order valence-corrected chi connectivity index (χ2v) is 11.1. The number of carbonyl (C=O) groups excluding carboxylic acids is 1. The number of hydrogen-bond acceptors (Lipinski definition) is 3. The highest BCUT2D eigenvalue weighted by Crippen LogP contribution is 2.23. The number of benzene rings is 1. The molecule has 0 saturated carbocycles. The molecule has 0 radical (unpaired) electrons. The molecule has 1 saturated heterocycles. The van der Waals surface area contributed by atoms with Crippen molar-refractivity contribution in [2.24, 2.45) is 17.8 Å². The van der Waals surface area contributed by atoms with E-state index in [2.05, 4.69) is 5.32 Å². The third kappa shape index (κ3) is 6.90. The van der Waals surface area contributed by atoms with Gasteiger partial charge in [-0.25, -0.2) is 4.39 Å². The molecule has 170 valence electrons. The highest BCUT2D eigenvalue weighted by atomic mass is 35.5. The van der Waals surface area contributed by atoms with Gasteiger partial charge in [0.1, 0.15) is 5.82 Å². The summed E-state index contributed by atoms with van der Waals surface area (Å²) in [5.74, 6) is -0.333. The lowest BCUT2D eigenvalue weighted by Gasteiger charge is -2.35. The molecule has 1 N–H and O–H groups in total. The van der Waals surface area contributed by atoms with Gasteiger partial charge < -0.3 is 5.32 Å². The second kappa shape index (κ2) is 10.9. The number of amides is 1. The number of rotatable bonds is 9. The molecule has 1 fully saturated rings. The molecule has 1 aliphatic heterocycles. The number of carbonyl (C=O) groups is 1. The normalized spacial score (nSPS) is 16.6.